The first-order valence-electron chi connectivity index (χ1n) is 6.89. The Morgan fingerprint density at radius 1 is 1.05 bits per heavy atom. The Balaban J connectivity index is 2.67. The molecule has 0 atom stereocenters. The fourth-order valence-corrected chi connectivity index (χ4v) is 3.03. The lowest BCUT2D eigenvalue weighted by Crippen LogP contribution is -2.05. The maximum atomic E-state index is 12.2. The van der Waals surface area contributed by atoms with E-state index in [0.717, 1.165) is 24.0 Å². The van der Waals surface area contributed by atoms with E-state index >= 15 is 0 Å². The minimum absolute atomic E-state index is 0.0801. The SMILES string of the molecule is CC(C)=CCC/C(C)=C/CS(=O)(=O)c1ccc(C)cc1. The van der Waals surface area contributed by atoms with Gasteiger partial charge >= 0.3 is 0 Å². The van der Waals surface area contributed by atoms with Crippen LogP contribution in [-0.4, -0.2) is 14.2 Å². The fraction of sp³-hybridized carbons (Fsp3) is 0.412. The maximum Gasteiger partial charge on any atom is 0.181 e. The Morgan fingerprint density at radius 2 is 1.65 bits per heavy atom. The van der Waals surface area contributed by atoms with Crippen LogP contribution >= 0.6 is 0 Å². The van der Waals surface area contributed by atoms with E-state index < -0.39 is 9.84 Å². The van der Waals surface area contributed by atoms with E-state index in [1.807, 2.05) is 32.1 Å². The predicted molar refractivity (Wildman–Crippen MR) is 85.7 cm³/mol. The summed E-state index contributed by atoms with van der Waals surface area (Å²) in [5.74, 6) is 0.0801. The van der Waals surface area contributed by atoms with Gasteiger partial charge in [-0.1, -0.05) is 41.0 Å². The van der Waals surface area contributed by atoms with Gasteiger partial charge in [0.2, 0.25) is 0 Å². The smallest absolute Gasteiger partial charge is 0.181 e. The molecule has 1 aromatic rings. The second kappa shape index (κ2) is 7.44. The van der Waals surface area contributed by atoms with Gasteiger partial charge in [-0.3, -0.25) is 0 Å². The topological polar surface area (TPSA) is 34.1 Å². The fourth-order valence-electron chi connectivity index (χ4n) is 1.78. The number of hydrogen-bond acceptors (Lipinski definition) is 2. The monoisotopic (exact) mass is 292 g/mol. The van der Waals surface area contributed by atoms with E-state index in [4.69, 9.17) is 0 Å². The minimum Gasteiger partial charge on any atom is -0.223 e. The van der Waals surface area contributed by atoms with E-state index in [9.17, 15) is 8.42 Å². The van der Waals surface area contributed by atoms with Crippen LogP contribution in [-0.2, 0) is 9.84 Å². The van der Waals surface area contributed by atoms with Crippen LogP contribution in [0, 0.1) is 6.92 Å². The molecular formula is C17H24O2S. The van der Waals surface area contributed by atoms with Gasteiger partial charge in [0.05, 0.1) is 10.6 Å². The van der Waals surface area contributed by atoms with Crippen molar-refractivity contribution >= 4 is 9.84 Å². The largest absolute Gasteiger partial charge is 0.223 e. The first-order chi connectivity index (χ1) is 9.31. The molecule has 0 aromatic heterocycles. The molecule has 0 bridgehead atoms. The summed E-state index contributed by atoms with van der Waals surface area (Å²) in [7, 11) is -3.21. The highest BCUT2D eigenvalue weighted by atomic mass is 32.2. The Morgan fingerprint density at radius 3 is 2.20 bits per heavy atom. The van der Waals surface area contributed by atoms with Gasteiger partial charge in [0.1, 0.15) is 0 Å². The highest BCUT2D eigenvalue weighted by Gasteiger charge is 2.12. The van der Waals surface area contributed by atoms with Crippen molar-refractivity contribution in [2.24, 2.45) is 0 Å². The van der Waals surface area contributed by atoms with Crippen LogP contribution in [0.15, 0.2) is 52.5 Å². The van der Waals surface area contributed by atoms with E-state index in [-0.39, 0.29) is 5.75 Å². The number of sulfone groups is 1. The van der Waals surface area contributed by atoms with Crippen molar-refractivity contribution in [2.75, 3.05) is 5.75 Å². The lowest BCUT2D eigenvalue weighted by atomic mass is 10.1. The van der Waals surface area contributed by atoms with E-state index in [0.29, 0.717) is 4.90 Å². The first kappa shape index (κ1) is 16.7. The number of allylic oxidation sites excluding steroid dienone is 3. The zero-order valence-corrected chi connectivity index (χ0v) is 13.6. The highest BCUT2D eigenvalue weighted by Crippen LogP contribution is 2.14. The molecule has 0 fully saturated rings. The quantitative estimate of drug-likeness (QED) is 0.725. The molecule has 1 aromatic carbocycles. The zero-order chi connectivity index (χ0) is 15.2. The molecule has 20 heavy (non-hydrogen) atoms. The molecule has 0 saturated carbocycles. The third-order valence-corrected chi connectivity index (χ3v) is 4.72. The zero-order valence-electron chi connectivity index (χ0n) is 12.8. The van der Waals surface area contributed by atoms with Crippen molar-refractivity contribution in [3.05, 3.63) is 53.1 Å². The second-order valence-electron chi connectivity index (χ2n) is 5.47. The summed E-state index contributed by atoms with van der Waals surface area (Å²) in [6.07, 6.45) is 5.88. The normalized spacial score (nSPS) is 12.3. The van der Waals surface area contributed by atoms with Gasteiger partial charge in [-0.2, -0.15) is 0 Å². The van der Waals surface area contributed by atoms with Crippen molar-refractivity contribution in [2.45, 2.75) is 45.4 Å². The van der Waals surface area contributed by atoms with Crippen LogP contribution in [0.4, 0.5) is 0 Å². The molecule has 0 aliphatic carbocycles. The van der Waals surface area contributed by atoms with Crippen molar-refractivity contribution in [1.29, 1.82) is 0 Å². The Hall–Kier alpha value is -1.35. The molecule has 0 radical (unpaired) electrons. The summed E-state index contributed by atoms with van der Waals surface area (Å²) in [6.45, 7) is 8.08. The molecule has 0 unspecified atom stereocenters. The maximum absolute atomic E-state index is 12.2. The molecule has 0 aliphatic heterocycles. The van der Waals surface area contributed by atoms with Gasteiger partial charge in [0, 0.05) is 0 Å². The summed E-state index contributed by atoms with van der Waals surface area (Å²) >= 11 is 0. The van der Waals surface area contributed by atoms with Crippen molar-refractivity contribution in [3.8, 4) is 0 Å². The summed E-state index contributed by atoms with van der Waals surface area (Å²) < 4.78 is 24.3. The average Bonchev–Trinajstić information content (AvgIpc) is 2.36. The Bertz CT molecular complexity index is 586. The molecule has 0 aliphatic rings. The summed E-state index contributed by atoms with van der Waals surface area (Å²) in [4.78, 5) is 0.399. The van der Waals surface area contributed by atoms with Crippen LogP contribution in [0.2, 0.25) is 0 Å². The first-order valence-corrected chi connectivity index (χ1v) is 8.55. The number of hydrogen-bond donors (Lipinski definition) is 0. The van der Waals surface area contributed by atoms with Gasteiger partial charge in [-0.15, -0.1) is 0 Å². The van der Waals surface area contributed by atoms with Crippen LogP contribution in [0.5, 0.6) is 0 Å². The van der Waals surface area contributed by atoms with E-state index in [1.54, 1.807) is 12.1 Å². The van der Waals surface area contributed by atoms with E-state index in [1.165, 1.54) is 5.57 Å². The van der Waals surface area contributed by atoms with Gasteiger partial charge in [0.25, 0.3) is 0 Å². The number of aryl methyl sites for hydroxylation is 1. The summed E-state index contributed by atoms with van der Waals surface area (Å²) in [5, 5.41) is 0. The van der Waals surface area contributed by atoms with Gasteiger partial charge in [0.15, 0.2) is 9.84 Å². The molecule has 2 nitrogen and oxygen atoms in total. The number of rotatable bonds is 6. The van der Waals surface area contributed by atoms with Crippen LogP contribution in [0.3, 0.4) is 0 Å². The molecule has 3 heteroatoms. The molecule has 0 saturated heterocycles. The lowest BCUT2D eigenvalue weighted by Gasteiger charge is -2.03. The average molecular weight is 292 g/mol. The third-order valence-electron chi connectivity index (χ3n) is 3.12. The lowest BCUT2D eigenvalue weighted by molar-refractivity contribution is 0.599. The van der Waals surface area contributed by atoms with Crippen molar-refractivity contribution < 1.29 is 8.42 Å². The Kier molecular flexibility index (Phi) is 6.21. The highest BCUT2D eigenvalue weighted by molar-refractivity contribution is 7.91. The van der Waals surface area contributed by atoms with E-state index in [2.05, 4.69) is 19.9 Å². The standard InChI is InChI=1S/C17H24O2S/c1-14(2)6-5-7-15(3)12-13-20(18,19)17-10-8-16(4)9-11-17/h6,8-12H,5,7,13H2,1-4H3/b15-12+. The predicted octanol–water partition coefficient (Wildman–Crippen LogP) is 4.46. The van der Waals surface area contributed by atoms with Gasteiger partial charge in [-0.05, 0) is 52.7 Å². The third kappa shape index (κ3) is 5.74. The van der Waals surface area contributed by atoms with Crippen LogP contribution in [0.25, 0.3) is 0 Å². The summed E-state index contributed by atoms with van der Waals surface area (Å²) in [5.41, 5.74) is 3.49. The molecule has 0 spiro atoms. The molecule has 0 heterocycles. The second-order valence-corrected chi connectivity index (χ2v) is 7.50. The molecular weight excluding hydrogens is 268 g/mol. The minimum atomic E-state index is -3.21. The Labute approximate surface area is 123 Å². The van der Waals surface area contributed by atoms with Crippen LogP contribution in [0.1, 0.15) is 39.2 Å². The van der Waals surface area contributed by atoms with Crippen LogP contribution < -0.4 is 0 Å². The molecule has 1 rings (SSSR count). The summed E-state index contributed by atoms with van der Waals surface area (Å²) in [6, 6.07) is 7.02. The van der Waals surface area contributed by atoms with Gasteiger partial charge < -0.3 is 0 Å². The number of benzene rings is 1. The van der Waals surface area contributed by atoms with Crippen molar-refractivity contribution in [1.82, 2.24) is 0 Å². The van der Waals surface area contributed by atoms with Gasteiger partial charge in [-0.25, -0.2) is 8.42 Å². The van der Waals surface area contributed by atoms with Crippen molar-refractivity contribution in [3.63, 3.8) is 0 Å². The molecule has 110 valence electrons. The molecule has 0 N–H and O–H groups in total. The molecule has 0 amide bonds.